The Bertz CT molecular complexity index is 531. The average molecular weight is 274 g/mol. The number of para-hydroxylation sites is 1. The van der Waals surface area contributed by atoms with E-state index in [2.05, 4.69) is 20.8 Å². The Morgan fingerprint density at radius 1 is 1.06 bits per heavy atom. The van der Waals surface area contributed by atoms with Crippen molar-refractivity contribution in [1.29, 1.82) is 0 Å². The molecule has 0 radical (unpaired) electrons. The molecule has 0 saturated heterocycles. The minimum atomic E-state index is 0.590. The zero-order chi connectivity index (χ0) is 11.4. The molecule has 2 nitrogen and oxygen atoms in total. The third-order valence-corrected chi connectivity index (χ3v) is 2.64. The minimum absolute atomic E-state index is 0.590. The Morgan fingerprint density at radius 3 is 2.44 bits per heavy atom. The van der Waals surface area contributed by atoms with Crippen molar-refractivity contribution in [3.63, 3.8) is 0 Å². The predicted octanol–water partition coefficient (Wildman–Crippen LogP) is 4.79. The summed E-state index contributed by atoms with van der Waals surface area (Å²) in [6.45, 7) is 6.90. The monoisotopic (exact) mass is 273 g/mol. The van der Waals surface area contributed by atoms with Gasteiger partial charge in [0.1, 0.15) is 11.5 Å². The molecule has 0 atom stereocenters. The molecular formula is C13H8BrNO. The van der Waals surface area contributed by atoms with Gasteiger partial charge in [-0.3, -0.25) is 0 Å². The largest absolute Gasteiger partial charge is 0.456 e. The van der Waals surface area contributed by atoms with Gasteiger partial charge >= 0.3 is 0 Å². The molecule has 0 amide bonds. The third kappa shape index (κ3) is 2.41. The number of rotatable bonds is 2. The molecule has 2 rings (SSSR count). The zero-order valence-electron chi connectivity index (χ0n) is 8.35. The van der Waals surface area contributed by atoms with Crippen LogP contribution in [0.2, 0.25) is 0 Å². The number of halogens is 1. The summed E-state index contributed by atoms with van der Waals surface area (Å²) in [5.41, 5.74) is 0.590. The molecule has 2 aromatic rings. The van der Waals surface area contributed by atoms with Crippen LogP contribution in [0.1, 0.15) is 0 Å². The summed E-state index contributed by atoms with van der Waals surface area (Å²) < 4.78 is 6.44. The van der Waals surface area contributed by atoms with Gasteiger partial charge in [-0.2, -0.15) is 0 Å². The quantitative estimate of drug-likeness (QED) is 0.718. The van der Waals surface area contributed by atoms with Crippen LogP contribution in [-0.4, -0.2) is 0 Å². The van der Waals surface area contributed by atoms with Gasteiger partial charge in [-0.05, 0) is 40.2 Å². The van der Waals surface area contributed by atoms with E-state index >= 15 is 0 Å². The van der Waals surface area contributed by atoms with Crippen molar-refractivity contribution in [3.05, 3.63) is 64.4 Å². The summed E-state index contributed by atoms with van der Waals surface area (Å²) in [6, 6.07) is 14.8. The second kappa shape index (κ2) is 4.82. The third-order valence-electron chi connectivity index (χ3n) is 2.02. The molecule has 0 N–H and O–H groups in total. The van der Waals surface area contributed by atoms with Gasteiger partial charge in [-0.1, -0.05) is 24.3 Å². The first kappa shape index (κ1) is 10.7. The van der Waals surface area contributed by atoms with Gasteiger partial charge in [-0.25, -0.2) is 4.85 Å². The van der Waals surface area contributed by atoms with Crippen molar-refractivity contribution in [2.24, 2.45) is 0 Å². The van der Waals surface area contributed by atoms with Crippen molar-refractivity contribution in [2.75, 3.05) is 0 Å². The molecule has 0 aliphatic carbocycles. The SMILES string of the molecule is [C-]#[N+]c1ccc(Oc2ccccc2)c(Br)c1. The summed E-state index contributed by atoms with van der Waals surface area (Å²) in [7, 11) is 0. The summed E-state index contributed by atoms with van der Waals surface area (Å²) >= 11 is 3.38. The van der Waals surface area contributed by atoms with E-state index in [1.54, 1.807) is 18.2 Å². The summed E-state index contributed by atoms with van der Waals surface area (Å²) in [4.78, 5) is 3.34. The topological polar surface area (TPSA) is 13.6 Å². The predicted molar refractivity (Wildman–Crippen MR) is 66.9 cm³/mol. The van der Waals surface area contributed by atoms with Crippen LogP contribution in [-0.2, 0) is 0 Å². The lowest BCUT2D eigenvalue weighted by Crippen LogP contribution is -1.84. The molecule has 0 heterocycles. The van der Waals surface area contributed by atoms with E-state index in [9.17, 15) is 0 Å². The second-order valence-electron chi connectivity index (χ2n) is 3.14. The van der Waals surface area contributed by atoms with Crippen LogP contribution in [0, 0.1) is 6.57 Å². The first-order valence-electron chi connectivity index (χ1n) is 4.69. The lowest BCUT2D eigenvalue weighted by molar-refractivity contribution is 0.480. The van der Waals surface area contributed by atoms with Crippen molar-refractivity contribution < 1.29 is 4.74 Å². The maximum Gasteiger partial charge on any atom is 0.188 e. The van der Waals surface area contributed by atoms with Crippen LogP contribution in [0.5, 0.6) is 11.5 Å². The van der Waals surface area contributed by atoms with Gasteiger partial charge in [0.15, 0.2) is 5.69 Å². The van der Waals surface area contributed by atoms with E-state index in [1.165, 1.54) is 0 Å². The van der Waals surface area contributed by atoms with E-state index in [0.717, 1.165) is 10.2 Å². The second-order valence-corrected chi connectivity index (χ2v) is 4.00. The van der Waals surface area contributed by atoms with Crippen molar-refractivity contribution in [2.45, 2.75) is 0 Å². The number of ether oxygens (including phenoxy) is 1. The molecule has 0 spiro atoms. The minimum Gasteiger partial charge on any atom is -0.456 e. The molecule has 0 fully saturated rings. The maximum atomic E-state index is 6.90. The Labute approximate surface area is 102 Å². The van der Waals surface area contributed by atoms with Crippen LogP contribution in [0.15, 0.2) is 53.0 Å². The number of nitrogens with zero attached hydrogens (tertiary/aromatic N) is 1. The molecular weight excluding hydrogens is 266 g/mol. The Hall–Kier alpha value is -1.79. The van der Waals surface area contributed by atoms with Gasteiger partial charge in [0.2, 0.25) is 0 Å². The molecule has 0 aromatic heterocycles. The van der Waals surface area contributed by atoms with E-state index in [4.69, 9.17) is 11.3 Å². The average Bonchev–Trinajstić information content (AvgIpc) is 2.33. The molecule has 2 aromatic carbocycles. The Kier molecular flexibility index (Phi) is 3.23. The van der Waals surface area contributed by atoms with Gasteiger partial charge in [-0.15, -0.1) is 0 Å². The highest BCUT2D eigenvalue weighted by atomic mass is 79.9. The van der Waals surface area contributed by atoms with Crippen LogP contribution in [0.25, 0.3) is 4.85 Å². The highest BCUT2D eigenvalue weighted by Gasteiger charge is 2.03. The van der Waals surface area contributed by atoms with Crippen LogP contribution < -0.4 is 4.74 Å². The van der Waals surface area contributed by atoms with Gasteiger partial charge < -0.3 is 4.74 Å². The first-order chi connectivity index (χ1) is 7.79. The van der Waals surface area contributed by atoms with Crippen LogP contribution in [0.4, 0.5) is 5.69 Å². The molecule has 78 valence electrons. The standard InChI is InChI=1S/C13H8BrNO/c1-15-10-7-8-13(12(14)9-10)16-11-5-3-2-4-6-11/h2-9H. The molecule has 0 unspecified atom stereocenters. The van der Waals surface area contributed by atoms with Gasteiger partial charge in [0, 0.05) is 4.47 Å². The lowest BCUT2D eigenvalue weighted by Gasteiger charge is -2.07. The zero-order valence-corrected chi connectivity index (χ0v) is 9.94. The van der Waals surface area contributed by atoms with Gasteiger partial charge in [0.05, 0.1) is 6.57 Å². The van der Waals surface area contributed by atoms with Crippen LogP contribution >= 0.6 is 15.9 Å². The molecule has 0 bridgehead atoms. The normalized spacial score (nSPS) is 9.50. The molecule has 3 heteroatoms. The fraction of sp³-hybridized carbons (Fsp3) is 0. The Balaban J connectivity index is 2.27. The van der Waals surface area contributed by atoms with E-state index in [-0.39, 0.29) is 0 Å². The first-order valence-corrected chi connectivity index (χ1v) is 5.49. The smallest absolute Gasteiger partial charge is 0.188 e. The van der Waals surface area contributed by atoms with Crippen molar-refractivity contribution in [3.8, 4) is 11.5 Å². The fourth-order valence-electron chi connectivity index (χ4n) is 1.26. The van der Waals surface area contributed by atoms with Gasteiger partial charge in [0.25, 0.3) is 0 Å². The van der Waals surface area contributed by atoms with E-state index in [0.29, 0.717) is 11.4 Å². The van der Waals surface area contributed by atoms with Crippen LogP contribution in [0.3, 0.4) is 0 Å². The summed E-state index contributed by atoms with van der Waals surface area (Å²) in [6.07, 6.45) is 0. The number of benzene rings is 2. The Morgan fingerprint density at radius 2 is 1.81 bits per heavy atom. The molecule has 0 aliphatic rings. The summed E-state index contributed by atoms with van der Waals surface area (Å²) in [5.74, 6) is 1.48. The number of hydrogen-bond donors (Lipinski definition) is 0. The van der Waals surface area contributed by atoms with Crippen molar-refractivity contribution >= 4 is 21.6 Å². The summed E-state index contributed by atoms with van der Waals surface area (Å²) in [5, 5.41) is 0. The number of hydrogen-bond acceptors (Lipinski definition) is 1. The highest BCUT2D eigenvalue weighted by molar-refractivity contribution is 9.10. The fourth-order valence-corrected chi connectivity index (χ4v) is 1.71. The van der Waals surface area contributed by atoms with Crippen molar-refractivity contribution in [1.82, 2.24) is 0 Å². The van der Waals surface area contributed by atoms with E-state index < -0.39 is 0 Å². The van der Waals surface area contributed by atoms with E-state index in [1.807, 2.05) is 30.3 Å². The molecule has 16 heavy (non-hydrogen) atoms. The highest BCUT2D eigenvalue weighted by Crippen LogP contribution is 2.32. The molecule has 0 aliphatic heterocycles. The maximum absolute atomic E-state index is 6.90. The lowest BCUT2D eigenvalue weighted by atomic mass is 10.3. The molecule has 0 saturated carbocycles.